The number of methoxy groups -OCH3 is 1. The summed E-state index contributed by atoms with van der Waals surface area (Å²) in [5.41, 5.74) is 5.33. The summed E-state index contributed by atoms with van der Waals surface area (Å²) in [4.78, 5) is 26.9. The lowest BCUT2D eigenvalue weighted by molar-refractivity contribution is -0.199. The summed E-state index contributed by atoms with van der Waals surface area (Å²) in [5.74, 6) is -2.27. The maximum absolute atomic E-state index is 12.4. The Balaban J connectivity index is 2.41. The average Bonchev–Trinajstić information content (AvgIpc) is 2.84. The van der Waals surface area contributed by atoms with Crippen LogP contribution in [0.5, 0.6) is 12.0 Å². The normalized spacial score (nSPS) is 11.8. The second-order valence-corrected chi connectivity index (χ2v) is 5.36. The van der Waals surface area contributed by atoms with Gasteiger partial charge in [0.15, 0.2) is 11.3 Å². The third-order valence-corrected chi connectivity index (χ3v) is 2.96. The van der Waals surface area contributed by atoms with E-state index < -0.39 is 18.2 Å². The highest BCUT2D eigenvalue weighted by Crippen LogP contribution is 2.25. The first-order valence-corrected chi connectivity index (χ1v) is 7.15. The number of hydrogen-bond donors (Lipinski definition) is 1. The van der Waals surface area contributed by atoms with Crippen molar-refractivity contribution in [2.75, 3.05) is 19.5 Å². The van der Waals surface area contributed by atoms with Crippen molar-refractivity contribution in [3.8, 4) is 12.0 Å². The number of halogens is 3. The van der Waals surface area contributed by atoms with Gasteiger partial charge in [-0.1, -0.05) is 18.6 Å². The number of aromatic nitrogens is 4. The summed E-state index contributed by atoms with van der Waals surface area (Å²) in [5, 5.41) is 0. The van der Waals surface area contributed by atoms with E-state index in [1.54, 1.807) is 0 Å². The SMILES string of the molecule is COc1nc2c(N)nc(OCCC(C)C)nc2n1OC(=O)C(F)(F)F. The monoisotopic (exact) mass is 363 g/mol. The number of hydrogen-bond acceptors (Lipinski definition) is 8. The summed E-state index contributed by atoms with van der Waals surface area (Å²) in [6.07, 6.45) is -4.51. The lowest BCUT2D eigenvalue weighted by Gasteiger charge is -2.10. The highest BCUT2D eigenvalue weighted by molar-refractivity contribution is 5.84. The third kappa shape index (κ3) is 4.19. The van der Waals surface area contributed by atoms with E-state index in [1.807, 2.05) is 13.8 Å². The smallest absolute Gasteiger partial charge is 0.466 e. The van der Waals surface area contributed by atoms with Crippen LogP contribution in [0.1, 0.15) is 20.3 Å². The van der Waals surface area contributed by atoms with Crippen LogP contribution in [0, 0.1) is 5.92 Å². The topological polar surface area (TPSA) is 114 Å². The molecule has 0 saturated carbocycles. The van der Waals surface area contributed by atoms with Gasteiger partial charge in [-0.05, 0) is 12.3 Å². The van der Waals surface area contributed by atoms with Crippen molar-refractivity contribution >= 4 is 23.0 Å². The van der Waals surface area contributed by atoms with E-state index in [0.29, 0.717) is 17.1 Å². The molecule has 0 radical (unpaired) electrons. The first-order chi connectivity index (χ1) is 11.6. The van der Waals surface area contributed by atoms with Gasteiger partial charge in [0.05, 0.1) is 13.7 Å². The van der Waals surface area contributed by atoms with Crippen LogP contribution in [0.2, 0.25) is 0 Å². The molecule has 12 heteroatoms. The molecule has 2 rings (SSSR count). The zero-order valence-corrected chi connectivity index (χ0v) is 13.6. The lowest BCUT2D eigenvalue weighted by atomic mass is 10.1. The fourth-order valence-electron chi connectivity index (χ4n) is 1.72. The third-order valence-electron chi connectivity index (χ3n) is 2.96. The lowest BCUT2D eigenvalue weighted by Crippen LogP contribution is -2.33. The molecule has 25 heavy (non-hydrogen) atoms. The van der Waals surface area contributed by atoms with Gasteiger partial charge < -0.3 is 20.0 Å². The van der Waals surface area contributed by atoms with Gasteiger partial charge in [0, 0.05) is 0 Å². The van der Waals surface area contributed by atoms with Crippen LogP contribution in [0.15, 0.2) is 0 Å². The highest BCUT2D eigenvalue weighted by atomic mass is 19.4. The predicted molar refractivity (Wildman–Crippen MR) is 78.9 cm³/mol. The zero-order valence-electron chi connectivity index (χ0n) is 13.6. The van der Waals surface area contributed by atoms with Crippen molar-refractivity contribution in [1.82, 2.24) is 19.7 Å². The number of nitrogens with zero attached hydrogens (tertiary/aromatic N) is 4. The number of rotatable bonds is 6. The number of anilines is 1. The molecule has 0 aromatic carbocycles. The number of nitrogens with two attached hydrogens (primary N) is 1. The first-order valence-electron chi connectivity index (χ1n) is 7.15. The number of carbonyl (C=O) groups is 1. The summed E-state index contributed by atoms with van der Waals surface area (Å²) in [6, 6.07) is -0.634. The molecule has 0 atom stereocenters. The summed E-state index contributed by atoms with van der Waals surface area (Å²) in [7, 11) is 1.13. The molecule has 0 amide bonds. The van der Waals surface area contributed by atoms with Crippen molar-refractivity contribution in [3.05, 3.63) is 0 Å². The van der Waals surface area contributed by atoms with Crippen LogP contribution in [0.4, 0.5) is 19.0 Å². The predicted octanol–water partition coefficient (Wildman–Crippen LogP) is 1.36. The minimum atomic E-state index is -5.21. The van der Waals surface area contributed by atoms with E-state index in [0.717, 1.165) is 7.11 Å². The molecular formula is C13H16F3N5O4. The van der Waals surface area contributed by atoms with Gasteiger partial charge in [-0.15, -0.1) is 0 Å². The second kappa shape index (κ2) is 6.99. The molecule has 0 fully saturated rings. The number of fused-ring (bicyclic) bond motifs is 1. The van der Waals surface area contributed by atoms with Crippen LogP contribution in [-0.4, -0.2) is 45.5 Å². The van der Waals surface area contributed by atoms with Crippen LogP contribution in [0.3, 0.4) is 0 Å². The molecule has 0 aliphatic rings. The maximum Gasteiger partial charge on any atom is 0.493 e. The van der Waals surface area contributed by atoms with Gasteiger partial charge in [0.1, 0.15) is 0 Å². The van der Waals surface area contributed by atoms with Crippen LogP contribution in [0.25, 0.3) is 11.2 Å². The molecule has 2 aromatic heterocycles. The Bertz CT molecular complexity index is 775. The molecule has 138 valence electrons. The van der Waals surface area contributed by atoms with E-state index in [9.17, 15) is 18.0 Å². The number of ether oxygens (including phenoxy) is 2. The Morgan fingerprint density at radius 1 is 1.28 bits per heavy atom. The summed E-state index contributed by atoms with van der Waals surface area (Å²) < 4.78 is 47.8. The molecule has 2 aromatic rings. The summed E-state index contributed by atoms with van der Waals surface area (Å²) in [6.45, 7) is 4.24. The Morgan fingerprint density at radius 3 is 2.52 bits per heavy atom. The molecule has 0 aliphatic heterocycles. The molecular weight excluding hydrogens is 347 g/mol. The number of imidazole rings is 1. The summed E-state index contributed by atoms with van der Waals surface area (Å²) >= 11 is 0. The minimum Gasteiger partial charge on any atom is -0.466 e. The largest absolute Gasteiger partial charge is 0.493 e. The van der Waals surface area contributed by atoms with Crippen molar-refractivity contribution in [2.45, 2.75) is 26.4 Å². The van der Waals surface area contributed by atoms with Gasteiger partial charge in [-0.3, -0.25) is 0 Å². The van der Waals surface area contributed by atoms with E-state index in [-0.39, 0.29) is 29.6 Å². The van der Waals surface area contributed by atoms with Gasteiger partial charge in [0.25, 0.3) is 0 Å². The Labute approximate surface area is 139 Å². The number of alkyl halides is 3. The van der Waals surface area contributed by atoms with E-state index in [2.05, 4.69) is 19.8 Å². The molecule has 0 unspecified atom stereocenters. The zero-order chi connectivity index (χ0) is 18.8. The molecule has 9 nitrogen and oxygen atoms in total. The average molecular weight is 363 g/mol. The molecule has 0 bridgehead atoms. The Morgan fingerprint density at radius 2 is 1.96 bits per heavy atom. The van der Waals surface area contributed by atoms with E-state index >= 15 is 0 Å². The van der Waals surface area contributed by atoms with Gasteiger partial charge >= 0.3 is 24.2 Å². The Kier molecular flexibility index (Phi) is 5.18. The van der Waals surface area contributed by atoms with Crippen LogP contribution in [-0.2, 0) is 4.79 Å². The molecule has 0 aliphatic carbocycles. The van der Waals surface area contributed by atoms with Crippen molar-refractivity contribution in [2.24, 2.45) is 5.92 Å². The minimum absolute atomic E-state index is 0.0944. The number of carbonyl (C=O) groups excluding carboxylic acids is 1. The number of nitrogen functional groups attached to an aromatic ring is 1. The Hall–Kier alpha value is -2.79. The first kappa shape index (κ1) is 18.5. The van der Waals surface area contributed by atoms with Gasteiger partial charge in [-0.25, -0.2) is 4.79 Å². The van der Waals surface area contributed by atoms with Gasteiger partial charge in [-0.2, -0.15) is 28.1 Å². The molecule has 2 heterocycles. The van der Waals surface area contributed by atoms with Crippen molar-refractivity contribution < 1.29 is 32.3 Å². The molecule has 0 spiro atoms. The van der Waals surface area contributed by atoms with Crippen LogP contribution >= 0.6 is 0 Å². The van der Waals surface area contributed by atoms with E-state index in [4.69, 9.17) is 15.2 Å². The molecule has 0 saturated heterocycles. The van der Waals surface area contributed by atoms with Crippen molar-refractivity contribution in [3.63, 3.8) is 0 Å². The molecule has 2 N–H and O–H groups in total. The highest BCUT2D eigenvalue weighted by Gasteiger charge is 2.43. The van der Waals surface area contributed by atoms with Crippen molar-refractivity contribution in [1.29, 1.82) is 0 Å². The van der Waals surface area contributed by atoms with E-state index in [1.165, 1.54) is 0 Å². The second-order valence-electron chi connectivity index (χ2n) is 5.36. The maximum atomic E-state index is 12.4. The fraction of sp³-hybridized carbons (Fsp3) is 0.538. The fourth-order valence-corrected chi connectivity index (χ4v) is 1.72. The van der Waals surface area contributed by atoms with Crippen LogP contribution < -0.4 is 20.0 Å². The quantitative estimate of drug-likeness (QED) is 0.818. The standard InChI is InChI=1S/C13H16F3N5O4/c1-6(2)4-5-24-11-19-8(17)7-9(20-11)21(12(18-7)23-3)25-10(22)13(14,15)16/h6H,4-5H2,1-3H3,(H2,17,19,20). The van der Waals surface area contributed by atoms with Gasteiger partial charge in [0.2, 0.25) is 5.65 Å².